The van der Waals surface area contributed by atoms with Crippen molar-refractivity contribution in [1.82, 2.24) is 9.97 Å². The van der Waals surface area contributed by atoms with Crippen molar-refractivity contribution in [3.05, 3.63) is 58.1 Å². The Morgan fingerprint density at radius 1 is 1.14 bits per heavy atom. The van der Waals surface area contributed by atoms with Gasteiger partial charge in [-0.25, -0.2) is 9.78 Å². The Morgan fingerprint density at radius 3 is 2.38 bits per heavy atom. The van der Waals surface area contributed by atoms with E-state index in [0.29, 0.717) is 11.3 Å². The third-order valence-corrected chi connectivity index (χ3v) is 3.30. The molecule has 0 aliphatic carbocycles. The van der Waals surface area contributed by atoms with Gasteiger partial charge in [0.15, 0.2) is 11.8 Å². The molecule has 0 radical (unpaired) electrons. The highest BCUT2D eigenvalue weighted by Gasteiger charge is 2.21. The van der Waals surface area contributed by atoms with E-state index in [9.17, 15) is 9.59 Å². The highest BCUT2D eigenvalue weighted by molar-refractivity contribution is 9.10. The average molecular weight is 349 g/mol. The molecular weight excluding hydrogens is 336 g/mol. The predicted molar refractivity (Wildman–Crippen MR) is 80.1 cm³/mol. The Bertz CT molecular complexity index is 654. The van der Waals surface area contributed by atoms with Gasteiger partial charge in [0, 0.05) is 16.2 Å². The van der Waals surface area contributed by atoms with E-state index in [1.165, 1.54) is 19.3 Å². The minimum Gasteiger partial charge on any atom is -0.449 e. The molecule has 1 aromatic carbocycles. The zero-order chi connectivity index (χ0) is 15.4. The number of carbonyl (C=O) groups excluding carboxylic acids is 2. The lowest BCUT2D eigenvalue weighted by atomic mass is 10.1. The minimum absolute atomic E-state index is 0.0797. The number of aromatic nitrogens is 2. The second kappa shape index (κ2) is 6.58. The van der Waals surface area contributed by atoms with Crippen LogP contribution in [0.5, 0.6) is 0 Å². The standard InChI is InChI=1S/C15H13BrN2O3/c1-9-7-18-13(8-17-9)15(20)21-10(2)14(19)11-3-5-12(16)6-4-11/h3-8,10H,1-2H3/t10-/m0/s1. The van der Waals surface area contributed by atoms with Crippen molar-refractivity contribution in [2.75, 3.05) is 0 Å². The molecule has 1 heterocycles. The first kappa shape index (κ1) is 15.3. The summed E-state index contributed by atoms with van der Waals surface area (Å²) in [5, 5.41) is 0. The number of ether oxygens (including phenoxy) is 1. The molecular formula is C15H13BrN2O3. The number of carbonyl (C=O) groups is 2. The van der Waals surface area contributed by atoms with Gasteiger partial charge in [-0.3, -0.25) is 9.78 Å². The maximum Gasteiger partial charge on any atom is 0.359 e. The van der Waals surface area contributed by atoms with Crippen LogP contribution in [0.4, 0.5) is 0 Å². The maximum absolute atomic E-state index is 12.1. The monoisotopic (exact) mass is 348 g/mol. The Hall–Kier alpha value is -2.08. The van der Waals surface area contributed by atoms with Crippen LogP contribution in [0, 0.1) is 6.92 Å². The second-order valence-electron chi connectivity index (χ2n) is 4.46. The van der Waals surface area contributed by atoms with Crippen molar-refractivity contribution in [2.24, 2.45) is 0 Å². The lowest BCUT2D eigenvalue weighted by molar-refractivity contribution is 0.0312. The van der Waals surface area contributed by atoms with Crippen molar-refractivity contribution in [3.8, 4) is 0 Å². The first-order chi connectivity index (χ1) is 9.97. The van der Waals surface area contributed by atoms with Crippen molar-refractivity contribution in [1.29, 1.82) is 0 Å². The zero-order valence-electron chi connectivity index (χ0n) is 11.5. The van der Waals surface area contributed by atoms with Crippen molar-refractivity contribution in [2.45, 2.75) is 20.0 Å². The molecule has 0 spiro atoms. The molecule has 1 aromatic heterocycles. The highest BCUT2D eigenvalue weighted by Crippen LogP contribution is 2.13. The number of benzene rings is 1. The number of aryl methyl sites for hydroxylation is 1. The summed E-state index contributed by atoms with van der Waals surface area (Å²) in [6.45, 7) is 3.30. The minimum atomic E-state index is -0.887. The highest BCUT2D eigenvalue weighted by atomic mass is 79.9. The Labute approximate surface area is 130 Å². The van der Waals surface area contributed by atoms with Crippen LogP contribution in [0.2, 0.25) is 0 Å². The van der Waals surface area contributed by atoms with Gasteiger partial charge in [0.1, 0.15) is 0 Å². The lowest BCUT2D eigenvalue weighted by Crippen LogP contribution is -2.25. The first-order valence-electron chi connectivity index (χ1n) is 6.27. The summed E-state index contributed by atoms with van der Waals surface area (Å²) >= 11 is 3.30. The molecule has 0 amide bonds. The van der Waals surface area contributed by atoms with Crippen molar-refractivity contribution < 1.29 is 14.3 Å². The number of ketones is 1. The molecule has 0 saturated carbocycles. The van der Waals surface area contributed by atoms with Gasteiger partial charge in [0.05, 0.1) is 11.9 Å². The molecule has 6 heteroatoms. The van der Waals surface area contributed by atoms with Gasteiger partial charge in [0.2, 0.25) is 5.78 Å². The molecule has 0 unspecified atom stereocenters. The van der Waals surface area contributed by atoms with E-state index < -0.39 is 12.1 Å². The number of hydrogen-bond donors (Lipinski definition) is 0. The molecule has 5 nitrogen and oxygen atoms in total. The number of nitrogens with zero attached hydrogens (tertiary/aromatic N) is 2. The van der Waals surface area contributed by atoms with Crippen LogP contribution in [-0.2, 0) is 4.74 Å². The molecule has 1 atom stereocenters. The van der Waals surface area contributed by atoms with E-state index >= 15 is 0 Å². The Morgan fingerprint density at radius 2 is 1.81 bits per heavy atom. The quantitative estimate of drug-likeness (QED) is 0.627. The predicted octanol–water partition coefficient (Wildman–Crippen LogP) is 2.98. The van der Waals surface area contributed by atoms with Gasteiger partial charge in [-0.15, -0.1) is 0 Å². The smallest absolute Gasteiger partial charge is 0.359 e. The molecule has 2 aromatic rings. The fraction of sp³-hybridized carbons (Fsp3) is 0.200. The Balaban J connectivity index is 2.05. The van der Waals surface area contributed by atoms with E-state index in [2.05, 4.69) is 25.9 Å². The number of rotatable bonds is 4. The largest absolute Gasteiger partial charge is 0.449 e. The fourth-order valence-corrected chi connectivity index (χ4v) is 1.89. The number of Topliss-reactive ketones (excluding diaryl/α,β-unsaturated/α-hetero) is 1. The molecule has 0 bridgehead atoms. The van der Waals surface area contributed by atoms with E-state index in [0.717, 1.165) is 4.47 Å². The van der Waals surface area contributed by atoms with Crippen LogP contribution in [0.1, 0.15) is 33.5 Å². The summed E-state index contributed by atoms with van der Waals surface area (Å²) in [6.07, 6.45) is 1.91. The van der Waals surface area contributed by atoms with Crippen LogP contribution in [-0.4, -0.2) is 27.8 Å². The molecule has 0 saturated heterocycles. The van der Waals surface area contributed by atoms with Crippen LogP contribution in [0.25, 0.3) is 0 Å². The van der Waals surface area contributed by atoms with Gasteiger partial charge in [0.25, 0.3) is 0 Å². The second-order valence-corrected chi connectivity index (χ2v) is 5.38. The molecule has 21 heavy (non-hydrogen) atoms. The number of halogens is 1. The van der Waals surface area contributed by atoms with Crippen molar-refractivity contribution in [3.63, 3.8) is 0 Å². The topological polar surface area (TPSA) is 69.2 Å². The average Bonchev–Trinajstić information content (AvgIpc) is 2.47. The normalized spacial score (nSPS) is 11.8. The number of hydrogen-bond acceptors (Lipinski definition) is 5. The van der Waals surface area contributed by atoms with Gasteiger partial charge in [-0.1, -0.05) is 28.1 Å². The summed E-state index contributed by atoms with van der Waals surface area (Å²) in [5.41, 5.74) is 1.26. The third kappa shape index (κ3) is 3.95. The summed E-state index contributed by atoms with van der Waals surface area (Å²) in [6, 6.07) is 6.85. The molecule has 0 N–H and O–H groups in total. The van der Waals surface area contributed by atoms with Gasteiger partial charge in [-0.2, -0.15) is 0 Å². The molecule has 0 aliphatic heterocycles. The molecule has 0 fully saturated rings. The summed E-state index contributed by atoms with van der Waals surface area (Å²) in [5.74, 6) is -0.934. The van der Waals surface area contributed by atoms with Crippen LogP contribution in [0.3, 0.4) is 0 Å². The van der Waals surface area contributed by atoms with Gasteiger partial charge >= 0.3 is 5.97 Å². The van der Waals surface area contributed by atoms with Gasteiger partial charge in [-0.05, 0) is 26.0 Å². The van der Waals surface area contributed by atoms with Gasteiger partial charge < -0.3 is 4.74 Å². The summed E-state index contributed by atoms with van der Waals surface area (Å²) < 4.78 is 5.99. The number of esters is 1. The van der Waals surface area contributed by atoms with E-state index in [4.69, 9.17) is 4.74 Å². The van der Waals surface area contributed by atoms with Crippen LogP contribution >= 0.6 is 15.9 Å². The van der Waals surface area contributed by atoms with Crippen LogP contribution in [0.15, 0.2) is 41.1 Å². The molecule has 2 rings (SSSR count). The third-order valence-electron chi connectivity index (χ3n) is 2.77. The Kier molecular flexibility index (Phi) is 4.80. The van der Waals surface area contributed by atoms with Crippen molar-refractivity contribution >= 4 is 27.7 Å². The van der Waals surface area contributed by atoms with E-state index in [-0.39, 0.29) is 11.5 Å². The summed E-state index contributed by atoms with van der Waals surface area (Å²) in [4.78, 5) is 31.9. The van der Waals surface area contributed by atoms with E-state index in [1.54, 1.807) is 31.2 Å². The fourth-order valence-electron chi connectivity index (χ4n) is 1.62. The lowest BCUT2D eigenvalue weighted by Gasteiger charge is -2.12. The SMILES string of the molecule is Cc1cnc(C(=O)O[C@@H](C)C(=O)c2ccc(Br)cc2)cn1. The molecule has 108 valence electrons. The molecule has 0 aliphatic rings. The van der Waals surface area contributed by atoms with Crippen LogP contribution < -0.4 is 0 Å². The van der Waals surface area contributed by atoms with E-state index in [1.807, 2.05) is 0 Å². The summed E-state index contributed by atoms with van der Waals surface area (Å²) in [7, 11) is 0. The maximum atomic E-state index is 12.1. The zero-order valence-corrected chi connectivity index (χ0v) is 13.1. The first-order valence-corrected chi connectivity index (χ1v) is 7.06.